The SMILES string of the molecule is O=S(=O)(O)c1cnc(Cl)c(C(F)(F)F)c1. The van der Waals surface area contributed by atoms with Crippen molar-refractivity contribution in [2.24, 2.45) is 0 Å². The van der Waals surface area contributed by atoms with Gasteiger partial charge < -0.3 is 0 Å². The number of hydrogen-bond donors (Lipinski definition) is 1. The Morgan fingerprint density at radius 3 is 2.33 bits per heavy atom. The third kappa shape index (κ3) is 2.80. The van der Waals surface area contributed by atoms with Crippen LogP contribution in [0.5, 0.6) is 0 Å². The lowest BCUT2D eigenvalue weighted by atomic mass is 10.3. The van der Waals surface area contributed by atoms with Crippen molar-refractivity contribution in [3.05, 3.63) is 23.0 Å². The van der Waals surface area contributed by atoms with Gasteiger partial charge in [0.15, 0.2) is 0 Å². The second kappa shape index (κ2) is 3.62. The molecule has 0 aliphatic carbocycles. The van der Waals surface area contributed by atoms with E-state index in [1.54, 1.807) is 0 Å². The normalized spacial score (nSPS) is 12.9. The van der Waals surface area contributed by atoms with Gasteiger partial charge in [-0.25, -0.2) is 4.98 Å². The molecule has 1 aromatic rings. The van der Waals surface area contributed by atoms with E-state index in [4.69, 9.17) is 16.2 Å². The lowest BCUT2D eigenvalue weighted by Crippen LogP contribution is -2.09. The van der Waals surface area contributed by atoms with Crippen LogP contribution in [0.2, 0.25) is 5.15 Å². The van der Waals surface area contributed by atoms with Gasteiger partial charge in [-0.1, -0.05) is 11.6 Å². The summed E-state index contributed by atoms with van der Waals surface area (Å²) in [4.78, 5) is 2.06. The van der Waals surface area contributed by atoms with Crippen LogP contribution in [0.4, 0.5) is 13.2 Å². The van der Waals surface area contributed by atoms with Crippen LogP contribution in [-0.2, 0) is 16.3 Å². The molecule has 0 aliphatic rings. The number of rotatable bonds is 1. The Morgan fingerprint density at radius 2 is 1.93 bits per heavy atom. The molecule has 1 heterocycles. The third-order valence-corrected chi connectivity index (χ3v) is 2.54. The van der Waals surface area contributed by atoms with Crippen molar-refractivity contribution < 1.29 is 26.1 Å². The first-order valence-corrected chi connectivity index (χ1v) is 5.14. The molecule has 9 heteroatoms. The van der Waals surface area contributed by atoms with Crippen LogP contribution in [0.15, 0.2) is 17.2 Å². The van der Waals surface area contributed by atoms with E-state index < -0.39 is 31.9 Å². The average Bonchev–Trinajstić information content (AvgIpc) is 2.00. The smallest absolute Gasteiger partial charge is 0.282 e. The Hall–Kier alpha value is -0.860. The molecule has 0 radical (unpaired) electrons. The van der Waals surface area contributed by atoms with Gasteiger partial charge in [-0.3, -0.25) is 4.55 Å². The fourth-order valence-electron chi connectivity index (χ4n) is 0.769. The van der Waals surface area contributed by atoms with Crippen LogP contribution >= 0.6 is 11.6 Å². The highest BCUT2D eigenvalue weighted by Crippen LogP contribution is 2.34. The molecule has 4 nitrogen and oxygen atoms in total. The van der Waals surface area contributed by atoms with E-state index in [0.29, 0.717) is 6.20 Å². The van der Waals surface area contributed by atoms with Gasteiger partial charge in [0.2, 0.25) is 0 Å². The molecule has 0 aromatic carbocycles. The Labute approximate surface area is 87.4 Å². The maximum absolute atomic E-state index is 12.2. The molecule has 0 saturated heterocycles. The summed E-state index contributed by atoms with van der Waals surface area (Å²) in [6.45, 7) is 0. The molecule has 0 atom stereocenters. The highest BCUT2D eigenvalue weighted by atomic mass is 35.5. The fraction of sp³-hybridized carbons (Fsp3) is 0.167. The molecule has 1 aromatic heterocycles. The quantitative estimate of drug-likeness (QED) is 0.620. The Bertz CT molecular complexity index is 485. The van der Waals surface area contributed by atoms with Gasteiger partial charge in [0.25, 0.3) is 10.1 Å². The average molecular weight is 262 g/mol. The molecule has 0 spiro atoms. The third-order valence-electron chi connectivity index (χ3n) is 1.42. The summed E-state index contributed by atoms with van der Waals surface area (Å²) in [7, 11) is -4.72. The van der Waals surface area contributed by atoms with Crippen molar-refractivity contribution in [1.29, 1.82) is 0 Å². The van der Waals surface area contributed by atoms with E-state index >= 15 is 0 Å². The van der Waals surface area contributed by atoms with Gasteiger partial charge >= 0.3 is 6.18 Å². The highest BCUT2D eigenvalue weighted by Gasteiger charge is 2.35. The maximum atomic E-state index is 12.2. The second-order valence-electron chi connectivity index (χ2n) is 2.48. The molecule has 1 rings (SSSR count). The predicted octanol–water partition coefficient (Wildman–Crippen LogP) is 2.00. The molecule has 15 heavy (non-hydrogen) atoms. The summed E-state index contributed by atoms with van der Waals surface area (Å²) < 4.78 is 66.2. The number of pyridine rings is 1. The Morgan fingerprint density at radius 1 is 1.40 bits per heavy atom. The molecule has 0 saturated carbocycles. The molecule has 0 unspecified atom stereocenters. The van der Waals surface area contributed by atoms with E-state index in [2.05, 4.69) is 4.98 Å². The zero-order valence-corrected chi connectivity index (χ0v) is 8.36. The lowest BCUT2D eigenvalue weighted by molar-refractivity contribution is -0.137. The second-order valence-corrected chi connectivity index (χ2v) is 4.26. The Kier molecular flexibility index (Phi) is 2.94. The molecular formula is C6H3ClF3NO3S. The maximum Gasteiger partial charge on any atom is 0.419 e. The van der Waals surface area contributed by atoms with E-state index in [0.717, 1.165) is 0 Å². The van der Waals surface area contributed by atoms with Gasteiger partial charge in [-0.05, 0) is 6.07 Å². The van der Waals surface area contributed by atoms with Crippen LogP contribution in [0.3, 0.4) is 0 Å². The van der Waals surface area contributed by atoms with E-state index in [1.165, 1.54) is 0 Å². The number of alkyl halides is 3. The summed E-state index contributed by atoms with van der Waals surface area (Å²) in [5.41, 5.74) is -1.42. The Balaban J connectivity index is 3.43. The molecule has 0 amide bonds. The zero-order chi connectivity index (χ0) is 11.9. The fourth-order valence-corrected chi connectivity index (χ4v) is 1.43. The van der Waals surface area contributed by atoms with Crippen LogP contribution in [0.25, 0.3) is 0 Å². The van der Waals surface area contributed by atoms with Crippen molar-refractivity contribution in [1.82, 2.24) is 4.98 Å². The van der Waals surface area contributed by atoms with Crippen molar-refractivity contribution in [2.45, 2.75) is 11.1 Å². The number of nitrogens with zero attached hydrogens (tertiary/aromatic N) is 1. The summed E-state index contributed by atoms with van der Waals surface area (Å²) in [6.07, 6.45) is -4.29. The summed E-state index contributed by atoms with van der Waals surface area (Å²) in [6, 6.07) is 0.213. The largest absolute Gasteiger partial charge is 0.419 e. The summed E-state index contributed by atoms with van der Waals surface area (Å²) in [5, 5.41) is -0.880. The minimum atomic E-state index is -4.83. The van der Waals surface area contributed by atoms with Gasteiger partial charge in [-0.2, -0.15) is 21.6 Å². The summed E-state index contributed by atoms with van der Waals surface area (Å²) >= 11 is 5.12. The molecular weight excluding hydrogens is 259 g/mol. The van der Waals surface area contributed by atoms with Crippen LogP contribution in [0.1, 0.15) is 5.56 Å². The van der Waals surface area contributed by atoms with Gasteiger partial charge in [0.1, 0.15) is 10.0 Å². The van der Waals surface area contributed by atoms with Gasteiger partial charge in [-0.15, -0.1) is 0 Å². The monoisotopic (exact) mass is 261 g/mol. The number of hydrogen-bond acceptors (Lipinski definition) is 3. The first-order chi connectivity index (χ1) is 6.62. The zero-order valence-electron chi connectivity index (χ0n) is 6.79. The molecule has 0 aliphatic heterocycles. The lowest BCUT2D eigenvalue weighted by Gasteiger charge is -2.08. The minimum absolute atomic E-state index is 0.213. The molecule has 0 bridgehead atoms. The van der Waals surface area contributed by atoms with Crippen LogP contribution < -0.4 is 0 Å². The van der Waals surface area contributed by atoms with E-state index in [1.807, 2.05) is 0 Å². The summed E-state index contributed by atoms with van der Waals surface area (Å²) in [5.74, 6) is 0. The standard InChI is InChI=1S/C6H3ClF3NO3S/c7-5-4(6(8,9)10)1-3(2-11-5)15(12,13)14/h1-2H,(H,12,13,14). The predicted molar refractivity (Wildman–Crippen MR) is 44.1 cm³/mol. The highest BCUT2D eigenvalue weighted by molar-refractivity contribution is 7.85. The van der Waals surface area contributed by atoms with Crippen LogP contribution in [-0.4, -0.2) is 18.0 Å². The molecule has 84 valence electrons. The number of halogens is 4. The van der Waals surface area contributed by atoms with E-state index in [9.17, 15) is 21.6 Å². The molecule has 1 N–H and O–H groups in total. The molecule has 0 fully saturated rings. The first-order valence-electron chi connectivity index (χ1n) is 3.32. The first kappa shape index (κ1) is 12.2. The van der Waals surface area contributed by atoms with Crippen molar-refractivity contribution >= 4 is 21.7 Å². The van der Waals surface area contributed by atoms with Crippen molar-refractivity contribution in [3.8, 4) is 0 Å². The van der Waals surface area contributed by atoms with Crippen molar-refractivity contribution in [3.63, 3.8) is 0 Å². The topological polar surface area (TPSA) is 67.3 Å². The van der Waals surface area contributed by atoms with Gasteiger partial charge in [0.05, 0.1) is 5.56 Å². The van der Waals surface area contributed by atoms with Crippen LogP contribution in [0, 0.1) is 0 Å². The van der Waals surface area contributed by atoms with Crippen molar-refractivity contribution in [2.75, 3.05) is 0 Å². The minimum Gasteiger partial charge on any atom is -0.282 e. The van der Waals surface area contributed by atoms with E-state index in [-0.39, 0.29) is 6.07 Å². The number of aromatic nitrogens is 1. The van der Waals surface area contributed by atoms with Gasteiger partial charge in [0, 0.05) is 6.20 Å².